The number of halogens is 4. The summed E-state index contributed by atoms with van der Waals surface area (Å²) in [5.74, 6) is -2.94. The van der Waals surface area contributed by atoms with Gasteiger partial charge < -0.3 is 10.1 Å². The summed E-state index contributed by atoms with van der Waals surface area (Å²) in [4.78, 5) is 24.3. The van der Waals surface area contributed by atoms with E-state index in [4.69, 9.17) is 5.11 Å². The van der Waals surface area contributed by atoms with Crippen LogP contribution in [0.15, 0.2) is 35.3 Å². The summed E-state index contributed by atoms with van der Waals surface area (Å²) in [5, 5.41) is 8.99. The number of carboxylic acid groups (broad SMARTS) is 1. The third-order valence-electron chi connectivity index (χ3n) is 2.74. The molecular weight excluding hydrogens is 294 g/mol. The van der Waals surface area contributed by atoms with Gasteiger partial charge in [-0.3, -0.25) is 4.79 Å². The first kappa shape index (κ1) is 14.8. The molecule has 0 atom stereocenters. The topological polar surface area (TPSA) is 70.2 Å². The summed E-state index contributed by atoms with van der Waals surface area (Å²) in [6.07, 6.45) is -3.94. The molecule has 0 radical (unpaired) electrons. The van der Waals surface area contributed by atoms with Gasteiger partial charge in [-0.25, -0.2) is 9.18 Å². The van der Waals surface area contributed by atoms with Crippen molar-refractivity contribution in [3.05, 3.63) is 57.8 Å². The fourth-order valence-electron chi connectivity index (χ4n) is 1.80. The predicted molar refractivity (Wildman–Crippen MR) is 64.4 cm³/mol. The molecule has 1 aromatic carbocycles. The number of hydrogen-bond acceptors (Lipinski definition) is 2. The molecule has 0 aliphatic heterocycles. The zero-order chi connectivity index (χ0) is 15.8. The normalized spacial score (nSPS) is 11.4. The highest BCUT2D eigenvalue weighted by Gasteiger charge is 2.34. The van der Waals surface area contributed by atoms with Crippen molar-refractivity contribution >= 4 is 5.97 Å². The predicted octanol–water partition coefficient (Wildman–Crippen LogP) is 2.90. The summed E-state index contributed by atoms with van der Waals surface area (Å²) in [6.45, 7) is 0. The van der Waals surface area contributed by atoms with Gasteiger partial charge in [0, 0.05) is 17.8 Å². The Morgan fingerprint density at radius 3 is 2.43 bits per heavy atom. The summed E-state index contributed by atoms with van der Waals surface area (Å²) < 4.78 is 51.2. The number of benzene rings is 1. The molecule has 2 aromatic rings. The highest BCUT2D eigenvalue weighted by molar-refractivity contribution is 5.95. The Morgan fingerprint density at radius 2 is 1.86 bits per heavy atom. The van der Waals surface area contributed by atoms with Crippen LogP contribution in [0.1, 0.15) is 15.9 Å². The highest BCUT2D eigenvalue weighted by Crippen LogP contribution is 2.34. The number of aromatic carboxylic acids is 1. The molecule has 2 rings (SSSR count). The molecule has 0 bridgehead atoms. The minimum Gasteiger partial charge on any atom is -0.478 e. The summed E-state index contributed by atoms with van der Waals surface area (Å²) in [6, 6.07) is 2.84. The van der Waals surface area contributed by atoms with Crippen molar-refractivity contribution in [2.24, 2.45) is 0 Å². The van der Waals surface area contributed by atoms with Gasteiger partial charge in [-0.05, 0) is 17.7 Å². The van der Waals surface area contributed by atoms with Gasteiger partial charge in [0.05, 0.1) is 11.1 Å². The SMILES string of the molecule is O=C(O)c1cc(=O)[nH]cc1-c1ccc(F)c(C(F)(F)F)c1. The standard InChI is InChI=1S/C13H7F4NO3/c14-10-2-1-6(3-9(10)13(15,16)17)8-5-18-11(19)4-7(8)12(20)21/h1-5H,(H,18,19)(H,20,21). The first-order valence-corrected chi connectivity index (χ1v) is 5.53. The van der Waals surface area contributed by atoms with E-state index >= 15 is 0 Å². The number of aromatic nitrogens is 1. The van der Waals surface area contributed by atoms with Crippen molar-refractivity contribution in [3.63, 3.8) is 0 Å². The minimum atomic E-state index is -4.91. The molecule has 0 aliphatic carbocycles. The maximum Gasteiger partial charge on any atom is 0.419 e. The van der Waals surface area contributed by atoms with E-state index in [0.717, 1.165) is 18.3 Å². The molecule has 8 heteroatoms. The Morgan fingerprint density at radius 1 is 1.19 bits per heavy atom. The average molecular weight is 301 g/mol. The number of rotatable bonds is 2. The maximum atomic E-state index is 13.2. The minimum absolute atomic E-state index is 0.146. The largest absolute Gasteiger partial charge is 0.478 e. The van der Waals surface area contributed by atoms with Crippen molar-refractivity contribution in [1.82, 2.24) is 4.98 Å². The second-order valence-corrected chi connectivity index (χ2v) is 4.12. The molecule has 0 unspecified atom stereocenters. The van der Waals surface area contributed by atoms with E-state index in [1.807, 2.05) is 0 Å². The van der Waals surface area contributed by atoms with Gasteiger partial charge >= 0.3 is 12.1 Å². The van der Waals surface area contributed by atoms with E-state index in [-0.39, 0.29) is 11.1 Å². The smallest absolute Gasteiger partial charge is 0.419 e. The van der Waals surface area contributed by atoms with E-state index < -0.39 is 34.6 Å². The third-order valence-corrected chi connectivity index (χ3v) is 2.74. The van der Waals surface area contributed by atoms with E-state index in [9.17, 15) is 27.2 Å². The lowest BCUT2D eigenvalue weighted by Crippen LogP contribution is -2.11. The van der Waals surface area contributed by atoms with Crippen LogP contribution in [0.3, 0.4) is 0 Å². The van der Waals surface area contributed by atoms with E-state index in [1.54, 1.807) is 0 Å². The maximum absolute atomic E-state index is 13.2. The van der Waals surface area contributed by atoms with Crippen LogP contribution in [-0.2, 0) is 6.18 Å². The number of hydrogen-bond donors (Lipinski definition) is 2. The molecule has 0 saturated heterocycles. The first-order valence-electron chi connectivity index (χ1n) is 5.53. The molecule has 0 spiro atoms. The Bertz CT molecular complexity index is 765. The number of H-pyrrole nitrogens is 1. The summed E-state index contributed by atoms with van der Waals surface area (Å²) in [5.41, 5.74) is -3.01. The van der Waals surface area contributed by atoms with Crippen molar-refractivity contribution < 1.29 is 27.5 Å². The first-order chi connectivity index (χ1) is 9.70. The summed E-state index contributed by atoms with van der Waals surface area (Å²) in [7, 11) is 0. The third kappa shape index (κ3) is 2.93. The van der Waals surface area contributed by atoms with Gasteiger partial charge in [-0.2, -0.15) is 13.2 Å². The fourth-order valence-corrected chi connectivity index (χ4v) is 1.80. The molecule has 1 aromatic heterocycles. The Hall–Kier alpha value is -2.64. The Labute approximate surface area is 114 Å². The number of carbonyl (C=O) groups is 1. The van der Waals surface area contributed by atoms with Crippen molar-refractivity contribution in [3.8, 4) is 11.1 Å². The second kappa shape index (κ2) is 5.04. The van der Waals surface area contributed by atoms with Crippen LogP contribution in [-0.4, -0.2) is 16.1 Å². The Balaban J connectivity index is 2.69. The van der Waals surface area contributed by atoms with Gasteiger partial charge in [0.25, 0.3) is 0 Å². The van der Waals surface area contributed by atoms with Crippen LogP contribution < -0.4 is 5.56 Å². The van der Waals surface area contributed by atoms with Gasteiger partial charge in [-0.1, -0.05) is 6.07 Å². The molecular formula is C13H7F4NO3. The van der Waals surface area contributed by atoms with Gasteiger partial charge in [0.1, 0.15) is 5.82 Å². The van der Waals surface area contributed by atoms with Crippen molar-refractivity contribution in [1.29, 1.82) is 0 Å². The van der Waals surface area contributed by atoms with Crippen LogP contribution in [0.2, 0.25) is 0 Å². The van der Waals surface area contributed by atoms with E-state index in [2.05, 4.69) is 4.98 Å². The number of alkyl halides is 3. The van der Waals surface area contributed by atoms with Gasteiger partial charge in [-0.15, -0.1) is 0 Å². The number of pyridine rings is 1. The highest BCUT2D eigenvalue weighted by atomic mass is 19.4. The number of carboxylic acids is 1. The van der Waals surface area contributed by atoms with Crippen LogP contribution in [0.4, 0.5) is 17.6 Å². The van der Waals surface area contributed by atoms with Crippen LogP contribution in [0, 0.1) is 5.82 Å². The molecule has 0 fully saturated rings. The quantitative estimate of drug-likeness (QED) is 0.838. The lowest BCUT2D eigenvalue weighted by Gasteiger charge is -2.11. The monoisotopic (exact) mass is 301 g/mol. The molecule has 4 nitrogen and oxygen atoms in total. The second-order valence-electron chi connectivity index (χ2n) is 4.12. The van der Waals surface area contributed by atoms with Crippen LogP contribution in [0.5, 0.6) is 0 Å². The number of nitrogens with one attached hydrogen (secondary N) is 1. The van der Waals surface area contributed by atoms with Crippen molar-refractivity contribution in [2.45, 2.75) is 6.18 Å². The van der Waals surface area contributed by atoms with Gasteiger partial charge in [0.2, 0.25) is 5.56 Å². The molecule has 0 amide bonds. The summed E-state index contributed by atoms with van der Waals surface area (Å²) >= 11 is 0. The Kier molecular flexibility index (Phi) is 3.54. The van der Waals surface area contributed by atoms with Crippen LogP contribution in [0.25, 0.3) is 11.1 Å². The van der Waals surface area contributed by atoms with Crippen molar-refractivity contribution in [2.75, 3.05) is 0 Å². The van der Waals surface area contributed by atoms with Crippen LogP contribution >= 0.6 is 0 Å². The fraction of sp³-hybridized carbons (Fsp3) is 0.0769. The molecule has 2 N–H and O–H groups in total. The average Bonchev–Trinajstić information content (AvgIpc) is 2.38. The zero-order valence-corrected chi connectivity index (χ0v) is 10.2. The van der Waals surface area contributed by atoms with Gasteiger partial charge in [0.15, 0.2) is 0 Å². The lowest BCUT2D eigenvalue weighted by atomic mass is 9.99. The number of aromatic amines is 1. The molecule has 0 aliphatic rings. The lowest BCUT2D eigenvalue weighted by molar-refractivity contribution is -0.139. The zero-order valence-electron chi connectivity index (χ0n) is 10.2. The molecule has 21 heavy (non-hydrogen) atoms. The molecule has 0 saturated carbocycles. The molecule has 110 valence electrons. The van der Waals surface area contributed by atoms with E-state index in [1.165, 1.54) is 0 Å². The molecule has 1 heterocycles. The van der Waals surface area contributed by atoms with E-state index in [0.29, 0.717) is 12.1 Å².